The minimum absolute atomic E-state index is 0.209. The number of nitrogens with one attached hydrogen (secondary N) is 2. The van der Waals surface area contributed by atoms with Crippen LogP contribution < -0.4 is 10.6 Å². The van der Waals surface area contributed by atoms with E-state index in [4.69, 9.17) is 0 Å². The van der Waals surface area contributed by atoms with Gasteiger partial charge in [0.1, 0.15) is 5.01 Å². The first kappa shape index (κ1) is 17.4. The average Bonchev–Trinajstić information content (AvgIpc) is 2.90. The predicted octanol–water partition coefficient (Wildman–Crippen LogP) is 3.65. The van der Waals surface area contributed by atoms with E-state index < -0.39 is 6.10 Å². The number of aromatic nitrogens is 1. The largest absolute Gasteiger partial charge is 0.391 e. The van der Waals surface area contributed by atoms with Gasteiger partial charge in [-0.2, -0.15) is 0 Å². The number of carbonyl (C=O) groups excluding carboxylic acids is 1. The number of carbonyl (C=O) groups is 1. The summed E-state index contributed by atoms with van der Waals surface area (Å²) in [7, 11) is 0. The van der Waals surface area contributed by atoms with E-state index in [1.807, 2.05) is 57.3 Å². The highest BCUT2D eigenvalue weighted by atomic mass is 32.1. The van der Waals surface area contributed by atoms with Crippen molar-refractivity contribution in [1.29, 1.82) is 0 Å². The zero-order chi connectivity index (χ0) is 17.0. The molecule has 1 aromatic heterocycles. The van der Waals surface area contributed by atoms with Crippen LogP contribution in [0.3, 0.4) is 0 Å². The maximum absolute atomic E-state index is 11.9. The highest BCUT2D eigenvalue weighted by Gasteiger charge is 2.22. The summed E-state index contributed by atoms with van der Waals surface area (Å²) in [6.45, 7) is 7.95. The van der Waals surface area contributed by atoms with E-state index in [2.05, 4.69) is 15.6 Å². The van der Waals surface area contributed by atoms with Crippen LogP contribution in [-0.2, 0) is 0 Å². The Balaban J connectivity index is 1.96. The van der Waals surface area contributed by atoms with E-state index in [1.54, 1.807) is 11.3 Å². The highest BCUT2D eigenvalue weighted by Crippen LogP contribution is 2.25. The number of aliphatic hydroxyl groups is 1. The summed E-state index contributed by atoms with van der Waals surface area (Å²) in [6.07, 6.45) is -0.599. The average molecular weight is 333 g/mol. The Kier molecular flexibility index (Phi) is 5.38. The molecule has 0 saturated heterocycles. The van der Waals surface area contributed by atoms with E-state index in [0.717, 1.165) is 16.3 Å². The number of aliphatic hydroxyl groups excluding tert-OH is 1. The lowest BCUT2D eigenvalue weighted by molar-refractivity contribution is 0.0654. The highest BCUT2D eigenvalue weighted by molar-refractivity contribution is 7.13. The smallest absolute Gasteiger partial charge is 0.319 e. The van der Waals surface area contributed by atoms with Crippen LogP contribution in [0.1, 0.15) is 26.5 Å². The minimum Gasteiger partial charge on any atom is -0.391 e. The number of nitrogens with zero attached hydrogens (tertiary/aromatic N) is 1. The van der Waals surface area contributed by atoms with Gasteiger partial charge < -0.3 is 15.7 Å². The van der Waals surface area contributed by atoms with Crippen LogP contribution >= 0.6 is 11.3 Å². The lowest BCUT2D eigenvalue weighted by Gasteiger charge is -2.25. The Bertz CT molecular complexity index is 676. The third-order valence-electron chi connectivity index (χ3n) is 3.44. The van der Waals surface area contributed by atoms with E-state index in [-0.39, 0.29) is 18.0 Å². The molecule has 2 amide bonds. The fourth-order valence-corrected chi connectivity index (χ4v) is 2.68. The molecular weight excluding hydrogens is 310 g/mol. The van der Waals surface area contributed by atoms with E-state index >= 15 is 0 Å². The molecule has 0 aliphatic carbocycles. The van der Waals surface area contributed by atoms with Gasteiger partial charge in [-0.3, -0.25) is 0 Å². The molecule has 1 unspecified atom stereocenters. The topological polar surface area (TPSA) is 74.2 Å². The molecule has 3 N–H and O–H groups in total. The molecule has 1 heterocycles. The molecule has 1 aromatic carbocycles. The van der Waals surface area contributed by atoms with Gasteiger partial charge in [-0.15, -0.1) is 11.3 Å². The second-order valence-electron chi connectivity index (χ2n) is 6.59. The summed E-state index contributed by atoms with van der Waals surface area (Å²) in [6, 6.07) is 7.22. The van der Waals surface area contributed by atoms with Gasteiger partial charge in [0.05, 0.1) is 6.10 Å². The van der Waals surface area contributed by atoms with E-state index in [0.29, 0.717) is 5.69 Å². The molecule has 6 heteroatoms. The first-order valence-electron chi connectivity index (χ1n) is 7.51. The summed E-state index contributed by atoms with van der Waals surface area (Å²) in [4.78, 5) is 16.4. The lowest BCUT2D eigenvalue weighted by Crippen LogP contribution is -2.40. The monoisotopic (exact) mass is 333 g/mol. The Morgan fingerprint density at radius 1 is 1.39 bits per heavy atom. The summed E-state index contributed by atoms with van der Waals surface area (Å²) in [5.41, 5.74) is 2.38. The normalized spacial score (nSPS) is 12.7. The molecular formula is C17H23N3O2S. The predicted molar refractivity (Wildman–Crippen MR) is 94.8 cm³/mol. The first-order chi connectivity index (χ1) is 10.8. The third-order valence-corrected chi connectivity index (χ3v) is 4.45. The van der Waals surface area contributed by atoms with E-state index in [9.17, 15) is 9.90 Å². The van der Waals surface area contributed by atoms with Gasteiger partial charge in [0.25, 0.3) is 0 Å². The maximum Gasteiger partial charge on any atom is 0.319 e. The standard InChI is InChI=1S/C17H23N3O2S/c1-11-10-23-15(19-11)12-6-5-7-13(8-12)20-16(22)18-9-14(21)17(2,3)4/h5-8,10,14,21H,9H2,1-4H3,(H2,18,20,22). The van der Waals surface area contributed by atoms with Crippen molar-refractivity contribution in [3.63, 3.8) is 0 Å². The number of aryl methyl sites for hydroxylation is 1. The summed E-state index contributed by atoms with van der Waals surface area (Å²) in [5.74, 6) is 0. The maximum atomic E-state index is 11.9. The number of rotatable bonds is 4. The Labute approximate surface area is 140 Å². The second kappa shape index (κ2) is 7.10. The van der Waals surface area contributed by atoms with Gasteiger partial charge in [0.2, 0.25) is 0 Å². The number of hydrogen-bond donors (Lipinski definition) is 3. The van der Waals surface area contributed by atoms with Crippen molar-refractivity contribution in [3.05, 3.63) is 35.3 Å². The Morgan fingerprint density at radius 2 is 2.13 bits per heavy atom. The Hall–Kier alpha value is -1.92. The molecule has 0 fully saturated rings. The number of benzene rings is 1. The molecule has 23 heavy (non-hydrogen) atoms. The SMILES string of the molecule is Cc1csc(-c2cccc(NC(=O)NCC(O)C(C)(C)C)c2)n1. The van der Waals surface area contributed by atoms with Crippen LogP contribution in [0.4, 0.5) is 10.5 Å². The quantitative estimate of drug-likeness (QED) is 0.799. The molecule has 2 rings (SSSR count). The molecule has 0 saturated carbocycles. The van der Waals surface area contributed by atoms with Gasteiger partial charge in [0, 0.05) is 28.9 Å². The van der Waals surface area contributed by atoms with Crippen molar-refractivity contribution in [2.24, 2.45) is 5.41 Å². The van der Waals surface area contributed by atoms with Gasteiger partial charge in [0.15, 0.2) is 0 Å². The van der Waals surface area contributed by atoms with Crippen LogP contribution in [0.2, 0.25) is 0 Å². The van der Waals surface area contributed by atoms with Crippen LogP contribution in [0.15, 0.2) is 29.6 Å². The first-order valence-corrected chi connectivity index (χ1v) is 8.39. The third kappa shape index (κ3) is 5.04. The zero-order valence-electron chi connectivity index (χ0n) is 13.9. The second-order valence-corrected chi connectivity index (χ2v) is 7.45. The van der Waals surface area contributed by atoms with Crippen LogP contribution in [0.5, 0.6) is 0 Å². The minimum atomic E-state index is -0.599. The number of urea groups is 1. The van der Waals surface area contributed by atoms with Crippen LogP contribution in [0, 0.1) is 12.3 Å². The van der Waals surface area contributed by atoms with E-state index in [1.165, 1.54) is 0 Å². The van der Waals surface area contributed by atoms with Gasteiger partial charge in [-0.1, -0.05) is 32.9 Å². The molecule has 2 aromatic rings. The lowest BCUT2D eigenvalue weighted by atomic mass is 9.89. The van der Waals surface area contributed by atoms with Gasteiger partial charge >= 0.3 is 6.03 Å². The Morgan fingerprint density at radius 3 is 2.74 bits per heavy atom. The number of thiazole rings is 1. The fraction of sp³-hybridized carbons (Fsp3) is 0.412. The summed E-state index contributed by atoms with van der Waals surface area (Å²) >= 11 is 1.57. The molecule has 1 atom stereocenters. The molecule has 0 aliphatic rings. The van der Waals surface area contributed by atoms with Gasteiger partial charge in [-0.25, -0.2) is 9.78 Å². The van der Waals surface area contributed by atoms with Crippen molar-refractivity contribution >= 4 is 23.1 Å². The van der Waals surface area contributed by atoms with Gasteiger partial charge in [-0.05, 0) is 24.5 Å². The van der Waals surface area contributed by atoms with Crippen molar-refractivity contribution in [2.45, 2.75) is 33.8 Å². The number of hydrogen-bond acceptors (Lipinski definition) is 4. The van der Waals surface area contributed by atoms with Crippen molar-refractivity contribution < 1.29 is 9.90 Å². The summed E-state index contributed by atoms with van der Waals surface area (Å²) < 4.78 is 0. The zero-order valence-corrected chi connectivity index (χ0v) is 14.7. The molecule has 5 nitrogen and oxygen atoms in total. The molecule has 124 valence electrons. The molecule has 0 spiro atoms. The molecule has 0 aliphatic heterocycles. The number of amides is 2. The van der Waals surface area contributed by atoms with Crippen LogP contribution in [0.25, 0.3) is 10.6 Å². The van der Waals surface area contributed by atoms with Crippen molar-refractivity contribution in [2.75, 3.05) is 11.9 Å². The van der Waals surface area contributed by atoms with Crippen molar-refractivity contribution in [1.82, 2.24) is 10.3 Å². The molecule has 0 bridgehead atoms. The number of anilines is 1. The fourth-order valence-electron chi connectivity index (χ4n) is 1.89. The molecule has 0 radical (unpaired) electrons. The summed E-state index contributed by atoms with van der Waals surface area (Å²) in [5, 5.41) is 18.3. The van der Waals surface area contributed by atoms with Crippen molar-refractivity contribution in [3.8, 4) is 10.6 Å². The van der Waals surface area contributed by atoms with Crippen LogP contribution in [-0.4, -0.2) is 28.8 Å².